The van der Waals surface area contributed by atoms with E-state index in [1.54, 1.807) is 0 Å². The highest BCUT2D eigenvalue weighted by atomic mass is 16.6. The largest absolute Gasteiger partial charge is 0.352 e. The number of benzene rings is 1. The summed E-state index contributed by atoms with van der Waals surface area (Å²) < 4.78 is 0. The fourth-order valence-corrected chi connectivity index (χ4v) is 1.54. The highest BCUT2D eigenvalue weighted by Gasteiger charge is 2.16. The van der Waals surface area contributed by atoms with Gasteiger partial charge in [-0.3, -0.25) is 20.8 Å². The van der Waals surface area contributed by atoms with Gasteiger partial charge in [0.1, 0.15) is 5.69 Å². The predicted octanol–water partition coefficient (Wildman–Crippen LogP) is 1.90. The van der Waals surface area contributed by atoms with Crippen LogP contribution in [0.1, 0.15) is 31.1 Å². The third-order valence-corrected chi connectivity index (χ3v) is 3.33. The number of anilines is 1. The molecule has 0 aliphatic heterocycles. The molecular formula is C13H20N4O3. The van der Waals surface area contributed by atoms with Gasteiger partial charge in [0, 0.05) is 18.2 Å². The molecule has 0 fully saturated rings. The van der Waals surface area contributed by atoms with Gasteiger partial charge >= 0.3 is 0 Å². The maximum atomic E-state index is 12.0. The van der Waals surface area contributed by atoms with Crippen LogP contribution < -0.4 is 16.6 Å². The van der Waals surface area contributed by atoms with Gasteiger partial charge in [-0.05, 0) is 24.0 Å². The number of hydrogen-bond donors (Lipinski definition) is 3. The van der Waals surface area contributed by atoms with Crippen LogP contribution in [0.2, 0.25) is 0 Å². The van der Waals surface area contributed by atoms with Gasteiger partial charge in [-0.1, -0.05) is 20.8 Å². The predicted molar refractivity (Wildman–Crippen MR) is 77.2 cm³/mol. The second-order valence-corrected chi connectivity index (χ2v) is 5.06. The Morgan fingerprint density at radius 3 is 2.55 bits per heavy atom. The first-order valence-electron chi connectivity index (χ1n) is 6.40. The molecule has 0 saturated heterocycles. The van der Waals surface area contributed by atoms with Crippen LogP contribution >= 0.6 is 0 Å². The van der Waals surface area contributed by atoms with E-state index in [2.05, 4.69) is 24.6 Å². The number of rotatable bonds is 6. The van der Waals surface area contributed by atoms with Crippen molar-refractivity contribution in [2.24, 2.45) is 17.7 Å². The molecule has 7 nitrogen and oxygen atoms in total. The molecule has 1 aromatic carbocycles. The van der Waals surface area contributed by atoms with Crippen LogP contribution in [0.3, 0.4) is 0 Å². The van der Waals surface area contributed by atoms with E-state index in [0.29, 0.717) is 23.9 Å². The number of nitro groups is 1. The molecule has 0 aliphatic rings. The van der Waals surface area contributed by atoms with Crippen molar-refractivity contribution in [2.45, 2.75) is 20.8 Å². The average Bonchev–Trinajstić information content (AvgIpc) is 2.43. The van der Waals surface area contributed by atoms with Crippen molar-refractivity contribution in [1.29, 1.82) is 0 Å². The Labute approximate surface area is 117 Å². The molecule has 0 bridgehead atoms. The second kappa shape index (κ2) is 6.85. The number of nitrogens with zero attached hydrogens (tertiary/aromatic N) is 1. The SMILES string of the molecule is CC(C)C(C)CNC(=O)c1ccc([N+](=O)[O-])c(NN)c1. The Morgan fingerprint density at radius 2 is 2.05 bits per heavy atom. The molecule has 1 aromatic rings. The standard InChI is InChI=1S/C13H20N4O3/c1-8(2)9(3)7-15-13(18)10-4-5-12(17(19)20)11(6-10)16-14/h4-6,8-9,16H,7,14H2,1-3H3,(H,15,18). The van der Waals surface area contributed by atoms with E-state index in [1.165, 1.54) is 18.2 Å². The number of nitrogens with one attached hydrogen (secondary N) is 2. The average molecular weight is 280 g/mol. The summed E-state index contributed by atoms with van der Waals surface area (Å²) in [4.78, 5) is 22.2. The van der Waals surface area contributed by atoms with Crippen LogP contribution in [0.25, 0.3) is 0 Å². The molecular weight excluding hydrogens is 260 g/mol. The molecule has 1 rings (SSSR count). The highest BCUT2D eigenvalue weighted by Crippen LogP contribution is 2.24. The number of carbonyl (C=O) groups excluding carboxylic acids is 1. The lowest BCUT2D eigenvalue weighted by Gasteiger charge is -2.16. The number of nitro benzene ring substituents is 1. The quantitative estimate of drug-likeness (QED) is 0.419. The summed E-state index contributed by atoms with van der Waals surface area (Å²) in [5.41, 5.74) is 2.51. The van der Waals surface area contributed by atoms with Gasteiger partial charge in [-0.25, -0.2) is 0 Å². The maximum Gasteiger partial charge on any atom is 0.293 e. The molecule has 0 radical (unpaired) electrons. The molecule has 0 heterocycles. The topological polar surface area (TPSA) is 110 Å². The summed E-state index contributed by atoms with van der Waals surface area (Å²) in [5, 5.41) is 13.6. The first kappa shape index (κ1) is 15.9. The number of amides is 1. The number of nitrogens with two attached hydrogens (primary N) is 1. The summed E-state index contributed by atoms with van der Waals surface area (Å²) in [6, 6.07) is 4.04. The second-order valence-electron chi connectivity index (χ2n) is 5.06. The maximum absolute atomic E-state index is 12.0. The Morgan fingerprint density at radius 1 is 1.40 bits per heavy atom. The fraction of sp³-hybridized carbons (Fsp3) is 0.462. The van der Waals surface area contributed by atoms with Crippen LogP contribution in [0, 0.1) is 22.0 Å². The molecule has 110 valence electrons. The minimum absolute atomic E-state index is 0.111. The van der Waals surface area contributed by atoms with Gasteiger partial charge in [0.25, 0.3) is 11.6 Å². The Bertz CT molecular complexity index is 502. The first-order valence-corrected chi connectivity index (χ1v) is 6.40. The van der Waals surface area contributed by atoms with Crippen molar-refractivity contribution in [3.63, 3.8) is 0 Å². The summed E-state index contributed by atoms with van der Waals surface area (Å²) in [7, 11) is 0. The van der Waals surface area contributed by atoms with Crippen molar-refractivity contribution in [2.75, 3.05) is 12.0 Å². The van der Waals surface area contributed by atoms with Crippen LogP contribution in [-0.2, 0) is 0 Å². The van der Waals surface area contributed by atoms with Crippen molar-refractivity contribution in [1.82, 2.24) is 5.32 Å². The zero-order chi connectivity index (χ0) is 15.3. The third-order valence-electron chi connectivity index (χ3n) is 3.33. The van der Waals surface area contributed by atoms with Crippen LogP contribution in [-0.4, -0.2) is 17.4 Å². The Hall–Kier alpha value is -2.15. The van der Waals surface area contributed by atoms with E-state index in [0.717, 1.165) is 0 Å². The van der Waals surface area contributed by atoms with Gasteiger partial charge in [-0.15, -0.1) is 0 Å². The molecule has 1 atom stereocenters. The lowest BCUT2D eigenvalue weighted by atomic mass is 9.98. The summed E-state index contributed by atoms with van der Waals surface area (Å²) in [5.74, 6) is 5.78. The van der Waals surface area contributed by atoms with Gasteiger partial charge in [-0.2, -0.15) is 0 Å². The van der Waals surface area contributed by atoms with Crippen molar-refractivity contribution in [3.8, 4) is 0 Å². The molecule has 1 unspecified atom stereocenters. The van der Waals surface area contributed by atoms with Crippen LogP contribution in [0.4, 0.5) is 11.4 Å². The van der Waals surface area contributed by atoms with Crippen LogP contribution in [0.5, 0.6) is 0 Å². The monoisotopic (exact) mass is 280 g/mol. The van der Waals surface area contributed by atoms with Crippen molar-refractivity contribution < 1.29 is 9.72 Å². The van der Waals surface area contributed by atoms with E-state index in [4.69, 9.17) is 5.84 Å². The lowest BCUT2D eigenvalue weighted by Crippen LogP contribution is -2.30. The van der Waals surface area contributed by atoms with Gasteiger partial charge < -0.3 is 10.7 Å². The normalized spacial score (nSPS) is 12.1. The Balaban J connectivity index is 2.81. The molecule has 7 heteroatoms. The smallest absolute Gasteiger partial charge is 0.293 e. The van der Waals surface area contributed by atoms with Crippen LogP contribution in [0.15, 0.2) is 18.2 Å². The lowest BCUT2D eigenvalue weighted by molar-refractivity contribution is -0.384. The van der Waals surface area contributed by atoms with Gasteiger partial charge in [0.05, 0.1) is 4.92 Å². The van der Waals surface area contributed by atoms with E-state index in [-0.39, 0.29) is 17.3 Å². The minimum Gasteiger partial charge on any atom is -0.352 e. The number of nitrogen functional groups attached to an aromatic ring is 1. The molecule has 4 N–H and O–H groups in total. The fourth-order valence-electron chi connectivity index (χ4n) is 1.54. The summed E-state index contributed by atoms with van der Waals surface area (Å²) in [6.07, 6.45) is 0. The minimum atomic E-state index is -0.558. The zero-order valence-corrected chi connectivity index (χ0v) is 11.8. The van der Waals surface area contributed by atoms with Crippen molar-refractivity contribution in [3.05, 3.63) is 33.9 Å². The number of carbonyl (C=O) groups is 1. The molecule has 0 aliphatic carbocycles. The van der Waals surface area contributed by atoms with Crippen molar-refractivity contribution >= 4 is 17.3 Å². The van der Waals surface area contributed by atoms with Gasteiger partial charge in [0.15, 0.2) is 0 Å². The first-order chi connectivity index (χ1) is 9.36. The molecule has 0 saturated carbocycles. The molecule has 0 aromatic heterocycles. The molecule has 0 spiro atoms. The van der Waals surface area contributed by atoms with E-state index >= 15 is 0 Å². The molecule has 20 heavy (non-hydrogen) atoms. The summed E-state index contributed by atoms with van der Waals surface area (Å²) >= 11 is 0. The van der Waals surface area contributed by atoms with E-state index < -0.39 is 4.92 Å². The number of hydrazine groups is 1. The zero-order valence-electron chi connectivity index (χ0n) is 11.8. The number of hydrogen-bond acceptors (Lipinski definition) is 5. The highest BCUT2D eigenvalue weighted by molar-refractivity contribution is 5.95. The third kappa shape index (κ3) is 3.92. The van der Waals surface area contributed by atoms with E-state index in [9.17, 15) is 14.9 Å². The molecule has 1 amide bonds. The van der Waals surface area contributed by atoms with Gasteiger partial charge in [0.2, 0.25) is 0 Å². The Kier molecular flexibility index (Phi) is 5.45. The van der Waals surface area contributed by atoms with E-state index in [1.807, 2.05) is 6.92 Å². The summed E-state index contributed by atoms with van der Waals surface area (Å²) in [6.45, 7) is 6.77.